The number of hydrogen-bond acceptors (Lipinski definition) is 4. The molecule has 4 rings (SSSR count). The van der Waals surface area contributed by atoms with Crippen LogP contribution in [0.15, 0.2) is 65.5 Å². The number of nitrogens with zero attached hydrogens (tertiary/aromatic N) is 1. The maximum atomic E-state index is 14.5. The van der Waals surface area contributed by atoms with Gasteiger partial charge in [0.15, 0.2) is 5.78 Å². The normalized spacial score (nSPS) is 10.9. The van der Waals surface area contributed by atoms with Crippen molar-refractivity contribution in [2.75, 3.05) is 5.32 Å². The summed E-state index contributed by atoms with van der Waals surface area (Å²) in [5, 5.41) is 3.48. The minimum absolute atomic E-state index is 0.0817. The van der Waals surface area contributed by atoms with Crippen molar-refractivity contribution in [2.45, 2.75) is 13.8 Å². The third-order valence-corrected chi connectivity index (χ3v) is 5.74. The number of halogens is 1. The van der Waals surface area contributed by atoms with E-state index in [0.717, 1.165) is 16.9 Å². The molecule has 0 saturated carbocycles. The van der Waals surface area contributed by atoms with Gasteiger partial charge in [-0.1, -0.05) is 47.2 Å². The van der Waals surface area contributed by atoms with Gasteiger partial charge in [0, 0.05) is 23.9 Å². The van der Waals surface area contributed by atoms with E-state index in [4.69, 9.17) is 0 Å². The molecule has 1 N–H and O–H groups in total. The van der Waals surface area contributed by atoms with E-state index < -0.39 is 11.4 Å². The Bertz CT molecular complexity index is 1370. The number of ketones is 1. The highest BCUT2D eigenvalue weighted by atomic mass is 32.1. The molecular weight excluding hydrogens is 403 g/mol. The third kappa shape index (κ3) is 3.44. The van der Waals surface area contributed by atoms with Crippen molar-refractivity contribution in [1.82, 2.24) is 4.57 Å². The van der Waals surface area contributed by atoms with Crippen LogP contribution in [0.4, 0.5) is 9.39 Å². The molecule has 7 heteroatoms. The van der Waals surface area contributed by atoms with Gasteiger partial charge in [0.25, 0.3) is 5.56 Å². The van der Waals surface area contributed by atoms with Crippen LogP contribution >= 0.6 is 11.3 Å². The Morgan fingerprint density at radius 2 is 1.80 bits per heavy atom. The third-order valence-electron chi connectivity index (χ3n) is 4.63. The largest absolute Gasteiger partial charge is 0.317 e. The molecule has 150 valence electrons. The van der Waals surface area contributed by atoms with Crippen molar-refractivity contribution in [3.63, 3.8) is 0 Å². The van der Waals surface area contributed by atoms with Gasteiger partial charge in [-0.15, -0.1) is 0 Å². The fourth-order valence-corrected chi connectivity index (χ4v) is 4.60. The molecule has 0 unspecified atom stereocenters. The highest BCUT2D eigenvalue weighted by Crippen LogP contribution is 2.37. The number of pyridine rings is 1. The SMILES string of the molecule is CC(=O)Nc1sc2c(ccc(=O)n2-c2ccccc2F)c1C(=O)c1cccc(C)c1. The molecule has 0 aliphatic carbocycles. The summed E-state index contributed by atoms with van der Waals surface area (Å²) < 4.78 is 15.7. The molecule has 0 aliphatic rings. The lowest BCUT2D eigenvalue weighted by Crippen LogP contribution is -2.17. The van der Waals surface area contributed by atoms with E-state index in [1.165, 1.54) is 35.8 Å². The molecule has 4 aromatic rings. The zero-order chi connectivity index (χ0) is 21.4. The maximum absolute atomic E-state index is 14.5. The van der Waals surface area contributed by atoms with E-state index in [9.17, 15) is 18.8 Å². The Balaban J connectivity index is 2.04. The molecule has 0 fully saturated rings. The first-order valence-electron chi connectivity index (χ1n) is 9.19. The van der Waals surface area contributed by atoms with Gasteiger partial charge >= 0.3 is 0 Å². The second-order valence-electron chi connectivity index (χ2n) is 6.86. The second kappa shape index (κ2) is 7.68. The van der Waals surface area contributed by atoms with Crippen molar-refractivity contribution in [3.05, 3.63) is 93.5 Å². The summed E-state index contributed by atoms with van der Waals surface area (Å²) in [6.07, 6.45) is 0. The number of aromatic nitrogens is 1. The molecule has 5 nitrogen and oxygen atoms in total. The van der Waals surface area contributed by atoms with E-state index >= 15 is 0 Å². The number of nitrogens with one attached hydrogen (secondary N) is 1. The van der Waals surface area contributed by atoms with Gasteiger partial charge in [-0.2, -0.15) is 0 Å². The van der Waals surface area contributed by atoms with Gasteiger partial charge in [-0.05, 0) is 31.2 Å². The van der Waals surface area contributed by atoms with Gasteiger partial charge in [-0.25, -0.2) is 4.39 Å². The smallest absolute Gasteiger partial charge is 0.256 e. The number of amides is 1. The lowest BCUT2D eigenvalue weighted by Gasteiger charge is -2.08. The number of para-hydroxylation sites is 1. The van der Waals surface area contributed by atoms with Crippen LogP contribution in [0.25, 0.3) is 15.9 Å². The van der Waals surface area contributed by atoms with Gasteiger partial charge in [0.1, 0.15) is 15.6 Å². The van der Waals surface area contributed by atoms with Crippen LogP contribution < -0.4 is 10.9 Å². The first kappa shape index (κ1) is 19.7. The fourth-order valence-electron chi connectivity index (χ4n) is 3.35. The number of aryl methyl sites for hydroxylation is 1. The van der Waals surface area contributed by atoms with Crippen molar-refractivity contribution in [1.29, 1.82) is 0 Å². The highest BCUT2D eigenvalue weighted by Gasteiger charge is 2.24. The van der Waals surface area contributed by atoms with Gasteiger partial charge in [0.05, 0.1) is 11.3 Å². The Labute approximate surface area is 175 Å². The van der Waals surface area contributed by atoms with Crippen LogP contribution in [-0.4, -0.2) is 16.3 Å². The summed E-state index contributed by atoms with van der Waals surface area (Å²) in [6, 6.07) is 15.9. The second-order valence-corrected chi connectivity index (χ2v) is 7.86. The first-order valence-corrected chi connectivity index (χ1v) is 10.0. The van der Waals surface area contributed by atoms with E-state index in [1.807, 2.05) is 13.0 Å². The molecule has 0 bridgehead atoms. The quantitative estimate of drug-likeness (QED) is 0.487. The van der Waals surface area contributed by atoms with E-state index in [1.54, 1.807) is 30.3 Å². The monoisotopic (exact) mass is 420 g/mol. The topological polar surface area (TPSA) is 68.2 Å². The minimum Gasteiger partial charge on any atom is -0.317 e. The average molecular weight is 420 g/mol. The van der Waals surface area contributed by atoms with Crippen molar-refractivity contribution < 1.29 is 14.0 Å². The van der Waals surface area contributed by atoms with Crippen LogP contribution in [0.2, 0.25) is 0 Å². The van der Waals surface area contributed by atoms with Gasteiger partial charge < -0.3 is 5.32 Å². The summed E-state index contributed by atoms with van der Waals surface area (Å²) in [7, 11) is 0. The molecule has 2 aromatic carbocycles. The summed E-state index contributed by atoms with van der Waals surface area (Å²) in [5.74, 6) is -1.19. The number of rotatable bonds is 4. The Kier molecular flexibility index (Phi) is 5.05. The van der Waals surface area contributed by atoms with Crippen LogP contribution in [0.3, 0.4) is 0 Å². The Morgan fingerprint density at radius 1 is 1.03 bits per heavy atom. The molecule has 0 spiro atoms. The van der Waals surface area contributed by atoms with E-state index in [-0.39, 0.29) is 22.9 Å². The molecular formula is C23H17FN2O3S. The summed E-state index contributed by atoms with van der Waals surface area (Å²) >= 11 is 1.07. The van der Waals surface area contributed by atoms with Crippen LogP contribution in [0.5, 0.6) is 0 Å². The standard InChI is InChI=1S/C23H17FN2O3S/c1-13-6-5-7-15(12-13)21(29)20-16-10-11-19(28)26(18-9-4-3-8-17(18)24)23(16)30-22(20)25-14(2)27/h3-12H,1-2H3,(H,25,27). The van der Waals surface area contributed by atoms with E-state index in [0.29, 0.717) is 20.8 Å². The zero-order valence-corrected chi connectivity index (χ0v) is 17.0. The number of hydrogen-bond donors (Lipinski definition) is 1. The molecule has 2 aromatic heterocycles. The number of carbonyl (C=O) groups excluding carboxylic acids is 2. The van der Waals surface area contributed by atoms with Gasteiger partial charge in [-0.3, -0.25) is 19.0 Å². The number of carbonyl (C=O) groups is 2. The first-order chi connectivity index (χ1) is 14.4. The maximum Gasteiger partial charge on any atom is 0.256 e. The van der Waals surface area contributed by atoms with Gasteiger partial charge in [0.2, 0.25) is 5.91 Å². The van der Waals surface area contributed by atoms with Crippen LogP contribution in [-0.2, 0) is 4.79 Å². The number of anilines is 1. The van der Waals surface area contributed by atoms with Crippen molar-refractivity contribution in [3.8, 4) is 5.69 Å². The molecule has 0 atom stereocenters. The molecule has 0 radical (unpaired) electrons. The molecule has 1 amide bonds. The van der Waals surface area contributed by atoms with Crippen molar-refractivity contribution in [2.24, 2.45) is 0 Å². The van der Waals surface area contributed by atoms with Crippen LogP contribution in [0, 0.1) is 12.7 Å². The highest BCUT2D eigenvalue weighted by molar-refractivity contribution is 7.23. The number of benzene rings is 2. The van der Waals surface area contributed by atoms with Crippen molar-refractivity contribution >= 4 is 38.2 Å². The molecule has 0 saturated heterocycles. The Hall–Kier alpha value is -3.58. The molecule has 2 heterocycles. The Morgan fingerprint density at radius 3 is 2.50 bits per heavy atom. The lowest BCUT2D eigenvalue weighted by atomic mass is 10.0. The predicted molar refractivity (Wildman–Crippen MR) is 116 cm³/mol. The predicted octanol–water partition coefficient (Wildman–Crippen LogP) is 4.69. The van der Waals surface area contributed by atoms with E-state index in [2.05, 4.69) is 5.32 Å². The average Bonchev–Trinajstić information content (AvgIpc) is 3.05. The summed E-state index contributed by atoms with van der Waals surface area (Å²) in [4.78, 5) is 38.2. The minimum atomic E-state index is -0.562. The van der Waals surface area contributed by atoms with Crippen LogP contribution in [0.1, 0.15) is 28.4 Å². The summed E-state index contributed by atoms with van der Waals surface area (Å²) in [6.45, 7) is 3.22. The zero-order valence-electron chi connectivity index (χ0n) is 16.2. The molecule has 30 heavy (non-hydrogen) atoms. The number of thiophene rings is 1. The fraction of sp³-hybridized carbons (Fsp3) is 0.0870. The number of fused-ring (bicyclic) bond motifs is 1. The lowest BCUT2D eigenvalue weighted by molar-refractivity contribution is -0.114. The molecule has 0 aliphatic heterocycles. The summed E-state index contributed by atoms with van der Waals surface area (Å²) in [5.41, 5.74) is 1.31.